The first kappa shape index (κ1) is 19.9. The molecule has 6 nitrogen and oxygen atoms in total. The minimum absolute atomic E-state index is 0.163. The van der Waals surface area contributed by atoms with Crippen LogP contribution >= 0.6 is 11.3 Å². The summed E-state index contributed by atoms with van der Waals surface area (Å²) >= 11 is 1.80. The maximum absolute atomic E-state index is 12.6. The zero-order chi connectivity index (χ0) is 21.0. The molecular weight excluding hydrogens is 410 g/mol. The predicted octanol–water partition coefficient (Wildman–Crippen LogP) is 4.49. The van der Waals surface area contributed by atoms with Crippen molar-refractivity contribution in [3.8, 4) is 11.5 Å². The van der Waals surface area contributed by atoms with Crippen LogP contribution in [0.4, 0.5) is 11.4 Å². The van der Waals surface area contributed by atoms with Crippen molar-refractivity contribution in [3.63, 3.8) is 0 Å². The normalized spacial score (nSPS) is 15.8. The molecule has 7 heteroatoms. The number of rotatable bonds is 6. The molecule has 2 aliphatic heterocycles. The van der Waals surface area contributed by atoms with Crippen LogP contribution in [0.15, 0.2) is 60.0 Å². The van der Waals surface area contributed by atoms with Gasteiger partial charge in [0.2, 0.25) is 6.79 Å². The average molecular weight is 436 g/mol. The number of anilines is 2. The van der Waals surface area contributed by atoms with Gasteiger partial charge < -0.3 is 25.0 Å². The maximum atomic E-state index is 12.6. The van der Waals surface area contributed by atoms with Gasteiger partial charge in [-0.2, -0.15) is 0 Å². The van der Waals surface area contributed by atoms with Crippen molar-refractivity contribution in [1.82, 2.24) is 5.32 Å². The third kappa shape index (κ3) is 4.68. The van der Waals surface area contributed by atoms with Crippen LogP contribution in [0.2, 0.25) is 0 Å². The number of ether oxygens (including phenoxy) is 2. The molecule has 5 rings (SSSR count). The van der Waals surface area contributed by atoms with E-state index in [9.17, 15) is 4.79 Å². The number of carbonyl (C=O) groups is 1. The van der Waals surface area contributed by atoms with E-state index in [0.29, 0.717) is 23.1 Å². The first-order valence-corrected chi connectivity index (χ1v) is 11.4. The lowest BCUT2D eigenvalue weighted by Gasteiger charge is -2.34. The summed E-state index contributed by atoms with van der Waals surface area (Å²) in [5, 5.41) is 8.76. The molecule has 2 aromatic carbocycles. The number of piperidine rings is 1. The lowest BCUT2D eigenvalue weighted by molar-refractivity contribution is 0.102. The molecule has 0 unspecified atom stereocenters. The Morgan fingerprint density at radius 3 is 2.61 bits per heavy atom. The van der Waals surface area contributed by atoms with E-state index in [-0.39, 0.29) is 12.7 Å². The second-order valence-corrected chi connectivity index (χ2v) is 8.82. The Bertz CT molecular complexity index is 1030. The summed E-state index contributed by atoms with van der Waals surface area (Å²) in [7, 11) is 0. The smallest absolute Gasteiger partial charge is 0.255 e. The first-order valence-electron chi connectivity index (χ1n) is 10.6. The number of nitrogens with zero attached hydrogens (tertiary/aromatic N) is 1. The van der Waals surface area contributed by atoms with E-state index in [4.69, 9.17) is 9.47 Å². The molecule has 1 amide bonds. The van der Waals surface area contributed by atoms with Crippen molar-refractivity contribution in [2.45, 2.75) is 25.4 Å². The van der Waals surface area contributed by atoms with Crippen LogP contribution in [-0.4, -0.2) is 31.8 Å². The minimum Gasteiger partial charge on any atom is -0.454 e. The zero-order valence-corrected chi connectivity index (χ0v) is 18.0. The number of carbonyl (C=O) groups excluding carboxylic acids is 1. The second-order valence-electron chi connectivity index (χ2n) is 7.79. The maximum Gasteiger partial charge on any atom is 0.255 e. The van der Waals surface area contributed by atoms with Crippen molar-refractivity contribution < 1.29 is 14.3 Å². The summed E-state index contributed by atoms with van der Waals surface area (Å²) in [6, 6.07) is 18.1. The summed E-state index contributed by atoms with van der Waals surface area (Å²) < 4.78 is 10.6. The molecule has 0 saturated carbocycles. The van der Waals surface area contributed by atoms with E-state index in [1.807, 2.05) is 12.1 Å². The van der Waals surface area contributed by atoms with Crippen molar-refractivity contribution in [2.24, 2.45) is 0 Å². The molecule has 31 heavy (non-hydrogen) atoms. The van der Waals surface area contributed by atoms with Gasteiger partial charge in [-0.25, -0.2) is 0 Å². The molecule has 0 spiro atoms. The molecular formula is C24H25N3O3S. The number of benzene rings is 2. The van der Waals surface area contributed by atoms with Crippen molar-refractivity contribution in [3.05, 3.63) is 70.4 Å². The van der Waals surface area contributed by atoms with E-state index in [2.05, 4.69) is 45.2 Å². The quantitative estimate of drug-likeness (QED) is 0.597. The third-order valence-electron chi connectivity index (χ3n) is 5.77. The van der Waals surface area contributed by atoms with Crippen LogP contribution in [0.3, 0.4) is 0 Å². The molecule has 0 atom stereocenters. The van der Waals surface area contributed by atoms with E-state index in [1.54, 1.807) is 29.5 Å². The molecule has 1 fully saturated rings. The minimum atomic E-state index is -0.163. The summed E-state index contributed by atoms with van der Waals surface area (Å²) in [6.07, 6.45) is 2.27. The number of hydrogen-bond acceptors (Lipinski definition) is 6. The Labute approximate surface area is 185 Å². The Balaban J connectivity index is 1.13. The first-order chi connectivity index (χ1) is 15.2. The second kappa shape index (κ2) is 8.99. The molecule has 3 aromatic rings. The molecule has 2 N–H and O–H groups in total. The fourth-order valence-electron chi connectivity index (χ4n) is 4.00. The zero-order valence-electron chi connectivity index (χ0n) is 17.2. The molecule has 1 aromatic heterocycles. The van der Waals surface area contributed by atoms with Crippen LogP contribution in [0.25, 0.3) is 0 Å². The van der Waals surface area contributed by atoms with Gasteiger partial charge in [0.25, 0.3) is 5.91 Å². The van der Waals surface area contributed by atoms with Gasteiger partial charge in [0, 0.05) is 47.5 Å². The van der Waals surface area contributed by atoms with Gasteiger partial charge in [-0.1, -0.05) is 6.07 Å². The topological polar surface area (TPSA) is 62.8 Å². The fraction of sp³-hybridized carbons (Fsp3) is 0.292. The van der Waals surface area contributed by atoms with Gasteiger partial charge in [0.05, 0.1) is 0 Å². The van der Waals surface area contributed by atoms with Crippen LogP contribution in [0.1, 0.15) is 28.1 Å². The number of hydrogen-bond donors (Lipinski definition) is 2. The van der Waals surface area contributed by atoms with Crippen LogP contribution in [-0.2, 0) is 6.54 Å². The SMILES string of the molecule is O=C(Nc1ccc(N2CCC(NCc3cccs3)CC2)cc1)c1ccc2c(c1)OCO2. The standard InChI is InChI=1S/C24H25N3O3S/c28-24(17-3-8-22-23(14-17)30-16-29-22)26-19-4-6-20(7-5-19)27-11-9-18(10-12-27)25-15-21-2-1-13-31-21/h1-8,13-14,18,25H,9-12,15-16H2,(H,26,28). The Kier molecular flexibility index (Phi) is 5.78. The largest absolute Gasteiger partial charge is 0.454 e. The van der Waals surface area contributed by atoms with Gasteiger partial charge >= 0.3 is 0 Å². The van der Waals surface area contributed by atoms with Gasteiger partial charge in [-0.3, -0.25) is 4.79 Å². The number of nitrogens with one attached hydrogen (secondary N) is 2. The highest BCUT2D eigenvalue weighted by Gasteiger charge is 2.20. The highest BCUT2D eigenvalue weighted by atomic mass is 32.1. The fourth-order valence-corrected chi connectivity index (χ4v) is 4.65. The van der Waals surface area contributed by atoms with Gasteiger partial charge in [-0.15, -0.1) is 11.3 Å². The van der Waals surface area contributed by atoms with E-state index < -0.39 is 0 Å². The van der Waals surface area contributed by atoms with Gasteiger partial charge in [-0.05, 0) is 66.8 Å². The average Bonchev–Trinajstić information content (AvgIpc) is 3.50. The van der Waals surface area contributed by atoms with Crippen LogP contribution < -0.4 is 25.0 Å². The molecule has 160 valence electrons. The van der Waals surface area contributed by atoms with Crippen LogP contribution in [0, 0.1) is 0 Å². The van der Waals surface area contributed by atoms with Crippen LogP contribution in [0.5, 0.6) is 11.5 Å². The highest BCUT2D eigenvalue weighted by molar-refractivity contribution is 7.09. The Hall–Kier alpha value is -3.03. The van der Waals surface area contributed by atoms with E-state index in [1.165, 1.54) is 10.6 Å². The number of thiophene rings is 1. The van der Waals surface area contributed by atoms with Crippen molar-refractivity contribution in [2.75, 3.05) is 30.1 Å². The number of amides is 1. The third-order valence-corrected chi connectivity index (χ3v) is 6.64. The highest BCUT2D eigenvalue weighted by Crippen LogP contribution is 2.32. The predicted molar refractivity (Wildman–Crippen MR) is 123 cm³/mol. The van der Waals surface area contributed by atoms with Crippen molar-refractivity contribution in [1.29, 1.82) is 0 Å². The summed E-state index contributed by atoms with van der Waals surface area (Å²) in [6.45, 7) is 3.22. The summed E-state index contributed by atoms with van der Waals surface area (Å²) in [5.74, 6) is 1.12. The number of fused-ring (bicyclic) bond motifs is 1. The van der Waals surface area contributed by atoms with Crippen molar-refractivity contribution >= 4 is 28.6 Å². The lowest BCUT2D eigenvalue weighted by atomic mass is 10.0. The van der Waals surface area contributed by atoms with E-state index >= 15 is 0 Å². The summed E-state index contributed by atoms with van der Waals surface area (Å²) in [4.78, 5) is 16.4. The molecule has 0 radical (unpaired) electrons. The molecule has 0 bridgehead atoms. The van der Waals surface area contributed by atoms with E-state index in [0.717, 1.165) is 38.2 Å². The Morgan fingerprint density at radius 2 is 1.84 bits per heavy atom. The molecule has 2 aliphatic rings. The van der Waals surface area contributed by atoms with Gasteiger partial charge in [0.1, 0.15) is 0 Å². The molecule has 1 saturated heterocycles. The molecule has 3 heterocycles. The molecule has 0 aliphatic carbocycles. The summed E-state index contributed by atoms with van der Waals surface area (Å²) in [5.41, 5.74) is 2.52. The Morgan fingerprint density at radius 1 is 1.03 bits per heavy atom. The van der Waals surface area contributed by atoms with Gasteiger partial charge in [0.15, 0.2) is 11.5 Å². The lowest BCUT2D eigenvalue weighted by Crippen LogP contribution is -2.42. The monoisotopic (exact) mass is 435 g/mol.